The SMILES string of the molecule is COC(=O)c1ccc(CNS(C)(=O)=O)cc1C(=O)O. The van der Waals surface area contributed by atoms with Crippen LogP contribution < -0.4 is 4.72 Å². The lowest BCUT2D eigenvalue weighted by Gasteiger charge is -2.07. The molecule has 0 atom stereocenters. The molecule has 2 N–H and O–H groups in total. The Kier molecular flexibility index (Phi) is 4.62. The van der Waals surface area contributed by atoms with E-state index < -0.39 is 22.0 Å². The highest BCUT2D eigenvalue weighted by atomic mass is 32.2. The van der Waals surface area contributed by atoms with Crippen LogP contribution in [-0.4, -0.2) is 38.8 Å². The number of benzene rings is 1. The Morgan fingerprint density at radius 3 is 2.42 bits per heavy atom. The maximum Gasteiger partial charge on any atom is 0.338 e. The van der Waals surface area contributed by atoms with E-state index in [1.54, 1.807) is 0 Å². The van der Waals surface area contributed by atoms with E-state index in [4.69, 9.17) is 5.11 Å². The molecule has 0 fully saturated rings. The molecule has 1 aromatic carbocycles. The summed E-state index contributed by atoms with van der Waals surface area (Å²) < 4.78 is 28.6. The van der Waals surface area contributed by atoms with Gasteiger partial charge < -0.3 is 9.84 Å². The van der Waals surface area contributed by atoms with Gasteiger partial charge in [0.05, 0.1) is 24.5 Å². The van der Waals surface area contributed by atoms with E-state index in [1.807, 2.05) is 0 Å². The zero-order chi connectivity index (χ0) is 14.6. The maximum absolute atomic E-state index is 11.4. The average molecular weight is 287 g/mol. The van der Waals surface area contributed by atoms with Crippen LogP contribution in [0.2, 0.25) is 0 Å². The number of ether oxygens (including phenoxy) is 1. The minimum absolute atomic E-state index is 0.0550. The number of carboxylic acid groups (broad SMARTS) is 1. The number of hydrogen-bond acceptors (Lipinski definition) is 5. The van der Waals surface area contributed by atoms with Gasteiger partial charge in [-0.25, -0.2) is 22.7 Å². The van der Waals surface area contributed by atoms with E-state index in [-0.39, 0.29) is 17.7 Å². The number of aromatic carboxylic acids is 1. The second-order valence-corrected chi connectivity index (χ2v) is 5.60. The van der Waals surface area contributed by atoms with E-state index >= 15 is 0 Å². The summed E-state index contributed by atoms with van der Waals surface area (Å²) in [7, 11) is -2.23. The van der Waals surface area contributed by atoms with Gasteiger partial charge in [0.15, 0.2) is 0 Å². The zero-order valence-corrected chi connectivity index (χ0v) is 11.2. The van der Waals surface area contributed by atoms with Crippen LogP contribution in [0.4, 0.5) is 0 Å². The van der Waals surface area contributed by atoms with Gasteiger partial charge in [0, 0.05) is 6.54 Å². The van der Waals surface area contributed by atoms with E-state index in [9.17, 15) is 18.0 Å². The average Bonchev–Trinajstić information content (AvgIpc) is 2.34. The van der Waals surface area contributed by atoms with Gasteiger partial charge >= 0.3 is 11.9 Å². The molecular weight excluding hydrogens is 274 g/mol. The number of methoxy groups -OCH3 is 1. The monoisotopic (exact) mass is 287 g/mol. The Morgan fingerprint density at radius 1 is 1.32 bits per heavy atom. The van der Waals surface area contributed by atoms with Gasteiger partial charge in [-0.2, -0.15) is 0 Å². The second kappa shape index (κ2) is 5.81. The quantitative estimate of drug-likeness (QED) is 0.750. The molecule has 0 aliphatic rings. The number of carboxylic acids is 1. The summed E-state index contributed by atoms with van der Waals surface area (Å²) in [5.74, 6) is -2.05. The number of carbonyl (C=O) groups excluding carboxylic acids is 1. The van der Waals surface area contributed by atoms with Gasteiger partial charge in [-0.1, -0.05) is 6.07 Å². The van der Waals surface area contributed by atoms with Gasteiger partial charge in [0.2, 0.25) is 10.0 Å². The molecule has 0 radical (unpaired) electrons. The highest BCUT2D eigenvalue weighted by molar-refractivity contribution is 7.88. The molecule has 1 rings (SSSR count). The van der Waals surface area contributed by atoms with Crippen molar-refractivity contribution < 1.29 is 27.9 Å². The number of sulfonamides is 1. The number of esters is 1. The molecule has 0 aromatic heterocycles. The van der Waals surface area contributed by atoms with Crippen molar-refractivity contribution >= 4 is 22.0 Å². The topological polar surface area (TPSA) is 110 Å². The Morgan fingerprint density at radius 2 is 1.95 bits per heavy atom. The summed E-state index contributed by atoms with van der Waals surface area (Å²) >= 11 is 0. The summed E-state index contributed by atoms with van der Waals surface area (Å²) in [6.45, 7) is -0.0550. The molecule has 0 amide bonds. The first kappa shape index (κ1) is 15.1. The van der Waals surface area contributed by atoms with E-state index in [1.165, 1.54) is 18.2 Å². The van der Waals surface area contributed by atoms with Crippen molar-refractivity contribution in [2.75, 3.05) is 13.4 Å². The van der Waals surface area contributed by atoms with Crippen LogP contribution >= 0.6 is 0 Å². The first-order valence-corrected chi connectivity index (χ1v) is 7.03. The lowest BCUT2D eigenvalue weighted by Crippen LogP contribution is -2.21. The third-order valence-corrected chi connectivity index (χ3v) is 2.93. The second-order valence-electron chi connectivity index (χ2n) is 3.77. The normalized spacial score (nSPS) is 11.1. The highest BCUT2D eigenvalue weighted by Crippen LogP contribution is 2.14. The lowest BCUT2D eigenvalue weighted by atomic mass is 10.0. The number of nitrogens with one attached hydrogen (secondary N) is 1. The third kappa shape index (κ3) is 4.34. The first-order chi connectivity index (χ1) is 8.74. The standard InChI is InChI=1S/C11H13NO6S/c1-18-11(15)8-4-3-7(5-9(8)10(13)14)6-12-19(2,16)17/h3-5,12H,6H2,1-2H3,(H,13,14). The zero-order valence-electron chi connectivity index (χ0n) is 10.3. The van der Waals surface area contributed by atoms with Crippen LogP contribution in [0.3, 0.4) is 0 Å². The predicted molar refractivity (Wildman–Crippen MR) is 66.4 cm³/mol. The van der Waals surface area contributed by atoms with E-state index in [0.717, 1.165) is 13.4 Å². The molecule has 0 unspecified atom stereocenters. The van der Waals surface area contributed by atoms with Crippen molar-refractivity contribution in [1.82, 2.24) is 4.72 Å². The maximum atomic E-state index is 11.4. The number of rotatable bonds is 5. The largest absolute Gasteiger partial charge is 0.478 e. The molecule has 0 aliphatic carbocycles. The first-order valence-electron chi connectivity index (χ1n) is 5.14. The Hall–Kier alpha value is -1.93. The van der Waals surface area contributed by atoms with Gasteiger partial charge in [0.25, 0.3) is 0 Å². The minimum Gasteiger partial charge on any atom is -0.478 e. The molecule has 0 saturated heterocycles. The van der Waals surface area contributed by atoms with Crippen LogP contribution in [0.1, 0.15) is 26.3 Å². The summed E-state index contributed by atoms with van der Waals surface area (Å²) in [6.07, 6.45) is 0.994. The van der Waals surface area contributed by atoms with Crippen molar-refractivity contribution in [1.29, 1.82) is 0 Å². The highest BCUT2D eigenvalue weighted by Gasteiger charge is 2.17. The molecule has 0 saturated carbocycles. The molecule has 104 valence electrons. The van der Waals surface area contributed by atoms with Crippen molar-refractivity contribution in [3.63, 3.8) is 0 Å². The summed E-state index contributed by atoms with van der Waals surface area (Å²) in [5, 5.41) is 9.02. The lowest BCUT2D eigenvalue weighted by molar-refractivity contribution is 0.0582. The van der Waals surface area contributed by atoms with Crippen molar-refractivity contribution in [3.8, 4) is 0 Å². The van der Waals surface area contributed by atoms with Crippen LogP contribution in [-0.2, 0) is 21.3 Å². The molecule has 0 heterocycles. The van der Waals surface area contributed by atoms with Crippen LogP contribution in [0.25, 0.3) is 0 Å². The summed E-state index contributed by atoms with van der Waals surface area (Å²) in [6, 6.07) is 3.97. The molecular formula is C11H13NO6S. The van der Waals surface area contributed by atoms with Crippen LogP contribution in [0.15, 0.2) is 18.2 Å². The van der Waals surface area contributed by atoms with Gasteiger partial charge in [-0.3, -0.25) is 0 Å². The van der Waals surface area contributed by atoms with Gasteiger partial charge in [-0.05, 0) is 17.7 Å². The summed E-state index contributed by atoms with van der Waals surface area (Å²) in [5.41, 5.74) is 0.105. The minimum atomic E-state index is -3.38. The molecule has 0 spiro atoms. The number of carbonyl (C=O) groups is 2. The fourth-order valence-electron chi connectivity index (χ4n) is 1.38. The molecule has 0 bridgehead atoms. The predicted octanol–water partition coefficient (Wildman–Crippen LogP) is 0.221. The molecule has 19 heavy (non-hydrogen) atoms. The van der Waals surface area contributed by atoms with E-state index in [2.05, 4.69) is 9.46 Å². The van der Waals surface area contributed by atoms with Crippen molar-refractivity contribution in [2.45, 2.75) is 6.54 Å². The third-order valence-electron chi connectivity index (χ3n) is 2.26. The Bertz CT molecular complexity index is 608. The van der Waals surface area contributed by atoms with Crippen molar-refractivity contribution in [3.05, 3.63) is 34.9 Å². The number of hydrogen-bond donors (Lipinski definition) is 2. The molecule has 0 aliphatic heterocycles. The van der Waals surface area contributed by atoms with Crippen LogP contribution in [0, 0.1) is 0 Å². The summed E-state index contributed by atoms with van der Waals surface area (Å²) in [4.78, 5) is 22.4. The molecule has 7 nitrogen and oxygen atoms in total. The molecule has 8 heteroatoms. The smallest absolute Gasteiger partial charge is 0.338 e. The Labute approximate surface area is 110 Å². The van der Waals surface area contributed by atoms with Gasteiger partial charge in [-0.15, -0.1) is 0 Å². The van der Waals surface area contributed by atoms with Gasteiger partial charge in [0.1, 0.15) is 0 Å². The van der Waals surface area contributed by atoms with Crippen molar-refractivity contribution in [2.24, 2.45) is 0 Å². The van der Waals surface area contributed by atoms with E-state index in [0.29, 0.717) is 5.56 Å². The fourth-order valence-corrected chi connectivity index (χ4v) is 1.81. The van der Waals surface area contributed by atoms with Crippen LogP contribution in [0.5, 0.6) is 0 Å². The fraction of sp³-hybridized carbons (Fsp3) is 0.273. The molecule has 1 aromatic rings. The Balaban J connectivity index is 3.10.